The molecule has 0 aliphatic rings. The Morgan fingerprint density at radius 2 is 2.00 bits per heavy atom. The minimum atomic E-state index is 0.0361. The van der Waals surface area contributed by atoms with Crippen molar-refractivity contribution in [1.82, 2.24) is 5.32 Å². The Labute approximate surface area is 105 Å². The van der Waals surface area contributed by atoms with E-state index in [0.717, 1.165) is 24.4 Å². The second kappa shape index (κ2) is 5.92. The molecule has 3 heteroatoms. The Morgan fingerprint density at radius 3 is 2.53 bits per heavy atom. The van der Waals surface area contributed by atoms with E-state index in [4.69, 9.17) is 4.74 Å². The molecule has 0 radical (unpaired) electrons. The number of rotatable bonds is 6. The van der Waals surface area contributed by atoms with E-state index in [2.05, 4.69) is 43.5 Å². The van der Waals surface area contributed by atoms with Crippen LogP contribution < -0.4 is 15.4 Å². The van der Waals surface area contributed by atoms with Gasteiger partial charge in [-0.05, 0) is 51.1 Å². The molecular formula is C14H24N2O. The normalized spacial score (nSPS) is 11.4. The van der Waals surface area contributed by atoms with Crippen molar-refractivity contribution in [2.45, 2.75) is 32.7 Å². The molecule has 0 unspecified atom stereocenters. The highest BCUT2D eigenvalue weighted by Gasteiger charge is 2.16. The lowest BCUT2D eigenvalue weighted by molar-refractivity contribution is 0.410. The molecule has 0 saturated carbocycles. The molecule has 1 aromatic carbocycles. The number of hydrogen-bond acceptors (Lipinski definition) is 3. The lowest BCUT2D eigenvalue weighted by Gasteiger charge is -2.27. The molecule has 0 spiro atoms. The smallest absolute Gasteiger partial charge is 0.122 e. The van der Waals surface area contributed by atoms with E-state index in [1.807, 2.05) is 13.1 Å². The highest BCUT2D eigenvalue weighted by molar-refractivity contribution is 5.52. The maximum Gasteiger partial charge on any atom is 0.122 e. The van der Waals surface area contributed by atoms with Gasteiger partial charge in [-0.1, -0.05) is 6.92 Å². The molecular weight excluding hydrogens is 212 g/mol. The first-order valence-electron chi connectivity index (χ1n) is 6.12. The van der Waals surface area contributed by atoms with Crippen LogP contribution in [0.25, 0.3) is 0 Å². The van der Waals surface area contributed by atoms with E-state index in [1.165, 1.54) is 5.56 Å². The first kappa shape index (κ1) is 13.8. The highest BCUT2D eigenvalue weighted by Crippen LogP contribution is 2.24. The number of nitrogens with one attached hydrogen (secondary N) is 2. The van der Waals surface area contributed by atoms with Crippen molar-refractivity contribution in [2.24, 2.45) is 0 Å². The molecule has 0 fully saturated rings. The second-order valence-electron chi connectivity index (χ2n) is 4.92. The van der Waals surface area contributed by atoms with Gasteiger partial charge in [0.1, 0.15) is 5.75 Å². The summed E-state index contributed by atoms with van der Waals surface area (Å²) in [7, 11) is 3.68. The number of hydrogen-bond donors (Lipinski definition) is 2. The highest BCUT2D eigenvalue weighted by atomic mass is 16.5. The molecule has 0 amide bonds. The molecule has 0 saturated heterocycles. The average molecular weight is 236 g/mol. The summed E-state index contributed by atoms with van der Waals surface area (Å²) in [4.78, 5) is 0. The van der Waals surface area contributed by atoms with Crippen LogP contribution >= 0.6 is 0 Å². The van der Waals surface area contributed by atoms with Crippen LogP contribution in [-0.4, -0.2) is 26.2 Å². The first-order chi connectivity index (χ1) is 8.02. The zero-order chi connectivity index (χ0) is 12.9. The van der Waals surface area contributed by atoms with Crippen molar-refractivity contribution >= 4 is 5.69 Å². The fourth-order valence-corrected chi connectivity index (χ4v) is 2.01. The third kappa shape index (κ3) is 3.93. The SMILES string of the molecule is CCc1cc(NC(C)(C)CNC)ccc1OC. The van der Waals surface area contributed by atoms with Gasteiger partial charge in [0.25, 0.3) is 0 Å². The van der Waals surface area contributed by atoms with Gasteiger partial charge < -0.3 is 15.4 Å². The Kier molecular flexibility index (Phi) is 4.82. The summed E-state index contributed by atoms with van der Waals surface area (Å²) in [5.74, 6) is 0.962. The molecule has 96 valence electrons. The molecule has 0 aliphatic carbocycles. The fourth-order valence-electron chi connectivity index (χ4n) is 2.01. The first-order valence-corrected chi connectivity index (χ1v) is 6.12. The molecule has 3 nitrogen and oxygen atoms in total. The van der Waals surface area contributed by atoms with Crippen LogP contribution in [0.1, 0.15) is 26.3 Å². The van der Waals surface area contributed by atoms with E-state index in [-0.39, 0.29) is 5.54 Å². The molecule has 2 N–H and O–H groups in total. The van der Waals surface area contributed by atoms with Crippen LogP contribution in [0, 0.1) is 0 Å². The second-order valence-corrected chi connectivity index (χ2v) is 4.92. The third-order valence-corrected chi connectivity index (χ3v) is 2.76. The van der Waals surface area contributed by atoms with Gasteiger partial charge in [0.15, 0.2) is 0 Å². The molecule has 0 bridgehead atoms. The largest absolute Gasteiger partial charge is 0.496 e. The number of anilines is 1. The number of benzene rings is 1. The van der Waals surface area contributed by atoms with Gasteiger partial charge in [-0.2, -0.15) is 0 Å². The average Bonchev–Trinajstić information content (AvgIpc) is 2.28. The minimum Gasteiger partial charge on any atom is -0.496 e. The molecule has 0 heterocycles. The summed E-state index contributed by atoms with van der Waals surface area (Å²) in [6, 6.07) is 6.25. The van der Waals surface area contributed by atoms with E-state index in [0.29, 0.717) is 0 Å². The Bertz CT molecular complexity index is 361. The van der Waals surface area contributed by atoms with Gasteiger partial charge in [0, 0.05) is 17.8 Å². The van der Waals surface area contributed by atoms with Gasteiger partial charge in [-0.3, -0.25) is 0 Å². The van der Waals surface area contributed by atoms with Crippen molar-refractivity contribution in [2.75, 3.05) is 26.0 Å². The Hall–Kier alpha value is -1.22. The molecule has 1 aromatic rings. The molecule has 17 heavy (non-hydrogen) atoms. The van der Waals surface area contributed by atoms with Crippen LogP contribution in [0.15, 0.2) is 18.2 Å². The zero-order valence-corrected chi connectivity index (χ0v) is 11.6. The van der Waals surface area contributed by atoms with Crippen molar-refractivity contribution in [1.29, 1.82) is 0 Å². The standard InChI is InChI=1S/C14H24N2O/c1-6-11-9-12(7-8-13(11)17-5)16-14(2,3)10-15-4/h7-9,15-16H,6,10H2,1-5H3. The maximum atomic E-state index is 5.33. The van der Waals surface area contributed by atoms with Gasteiger partial charge in [0.2, 0.25) is 0 Å². The molecule has 0 aliphatic heterocycles. The number of methoxy groups -OCH3 is 1. The van der Waals surface area contributed by atoms with Gasteiger partial charge in [-0.25, -0.2) is 0 Å². The summed E-state index contributed by atoms with van der Waals surface area (Å²) in [5.41, 5.74) is 2.41. The van der Waals surface area contributed by atoms with Crippen LogP contribution in [0.4, 0.5) is 5.69 Å². The van der Waals surface area contributed by atoms with Crippen molar-refractivity contribution in [3.63, 3.8) is 0 Å². The monoisotopic (exact) mass is 236 g/mol. The summed E-state index contributed by atoms with van der Waals surface area (Å²) >= 11 is 0. The van der Waals surface area contributed by atoms with Crippen LogP contribution in [0.3, 0.4) is 0 Å². The van der Waals surface area contributed by atoms with E-state index < -0.39 is 0 Å². The number of likely N-dealkylation sites (N-methyl/N-ethyl adjacent to an activating group) is 1. The van der Waals surface area contributed by atoms with E-state index >= 15 is 0 Å². The van der Waals surface area contributed by atoms with Crippen molar-refractivity contribution in [3.8, 4) is 5.75 Å². The lowest BCUT2D eigenvalue weighted by Crippen LogP contribution is -2.40. The minimum absolute atomic E-state index is 0.0361. The molecule has 0 aromatic heterocycles. The summed E-state index contributed by atoms with van der Waals surface area (Å²) in [6.07, 6.45) is 0.977. The third-order valence-electron chi connectivity index (χ3n) is 2.76. The van der Waals surface area contributed by atoms with E-state index in [1.54, 1.807) is 7.11 Å². The summed E-state index contributed by atoms with van der Waals surface area (Å²) in [5, 5.41) is 6.72. The van der Waals surface area contributed by atoms with Gasteiger partial charge >= 0.3 is 0 Å². The molecule has 1 rings (SSSR count). The lowest BCUT2D eigenvalue weighted by atomic mass is 10.0. The zero-order valence-electron chi connectivity index (χ0n) is 11.6. The van der Waals surface area contributed by atoms with Crippen molar-refractivity contribution < 1.29 is 4.74 Å². The molecule has 0 atom stereocenters. The summed E-state index contributed by atoms with van der Waals surface area (Å²) < 4.78 is 5.33. The number of aryl methyl sites for hydroxylation is 1. The maximum absolute atomic E-state index is 5.33. The van der Waals surface area contributed by atoms with Gasteiger partial charge in [-0.15, -0.1) is 0 Å². The topological polar surface area (TPSA) is 33.3 Å². The predicted molar refractivity (Wildman–Crippen MR) is 74.0 cm³/mol. The van der Waals surface area contributed by atoms with E-state index in [9.17, 15) is 0 Å². The van der Waals surface area contributed by atoms with Crippen molar-refractivity contribution in [3.05, 3.63) is 23.8 Å². The Morgan fingerprint density at radius 1 is 1.29 bits per heavy atom. The van der Waals surface area contributed by atoms with Crippen LogP contribution in [0.5, 0.6) is 5.75 Å². The Balaban J connectivity index is 2.85. The van der Waals surface area contributed by atoms with Crippen LogP contribution in [0.2, 0.25) is 0 Å². The number of ether oxygens (including phenoxy) is 1. The summed E-state index contributed by atoms with van der Waals surface area (Å²) in [6.45, 7) is 7.42. The predicted octanol–water partition coefficient (Wildman–Crippen LogP) is 2.67. The van der Waals surface area contributed by atoms with Crippen LogP contribution in [-0.2, 0) is 6.42 Å². The van der Waals surface area contributed by atoms with Gasteiger partial charge in [0.05, 0.1) is 7.11 Å². The quantitative estimate of drug-likeness (QED) is 0.796. The fraction of sp³-hybridized carbons (Fsp3) is 0.571.